The molecule has 82 valence electrons. The average molecular weight is 213 g/mol. The summed E-state index contributed by atoms with van der Waals surface area (Å²) in [6.45, 7) is 6.45. The molecule has 0 atom stereocenters. The molecule has 0 aromatic heterocycles. The van der Waals surface area contributed by atoms with E-state index < -0.39 is 0 Å². The maximum absolute atomic E-state index is 11.2. The highest BCUT2D eigenvalue weighted by Gasteiger charge is 1.95. The van der Waals surface area contributed by atoms with E-state index in [0.717, 1.165) is 0 Å². The van der Waals surface area contributed by atoms with E-state index in [-0.39, 0.29) is 5.91 Å². The first-order chi connectivity index (χ1) is 7.66. The fourth-order valence-electron chi connectivity index (χ4n) is 0.684. The number of rotatable bonds is 3. The van der Waals surface area contributed by atoms with Crippen LogP contribution in [0, 0.1) is 41.4 Å². The Morgan fingerprint density at radius 1 is 1.25 bits per heavy atom. The van der Waals surface area contributed by atoms with Gasteiger partial charge in [-0.1, -0.05) is 25.7 Å². The van der Waals surface area contributed by atoms with Gasteiger partial charge in [0.15, 0.2) is 0 Å². The van der Waals surface area contributed by atoms with Gasteiger partial charge >= 0.3 is 0 Å². The molecule has 0 aromatic rings. The molecule has 2 nitrogen and oxygen atoms in total. The topological polar surface area (TPSA) is 29.1 Å². The van der Waals surface area contributed by atoms with Crippen molar-refractivity contribution in [2.75, 3.05) is 6.54 Å². The van der Waals surface area contributed by atoms with Gasteiger partial charge in [0.25, 0.3) is 0 Å². The molecule has 0 aliphatic carbocycles. The van der Waals surface area contributed by atoms with Crippen LogP contribution in [0.3, 0.4) is 0 Å². The molecule has 0 rings (SSSR count). The Kier molecular flexibility index (Phi) is 8.20. The van der Waals surface area contributed by atoms with Crippen molar-refractivity contribution in [2.45, 2.75) is 20.8 Å². The highest BCUT2D eigenvalue weighted by atomic mass is 16.1. The van der Waals surface area contributed by atoms with Gasteiger partial charge in [-0.25, -0.2) is 0 Å². The molecule has 0 fully saturated rings. The summed E-state index contributed by atoms with van der Waals surface area (Å²) in [6, 6.07) is 0. The Labute approximate surface area is 97.5 Å². The summed E-state index contributed by atoms with van der Waals surface area (Å²) in [7, 11) is 0. The number of carbonyl (C=O) groups excluding carboxylic acids is 1. The van der Waals surface area contributed by atoms with Gasteiger partial charge in [0.2, 0.25) is 5.91 Å². The first-order valence-corrected chi connectivity index (χ1v) is 5.03. The average Bonchev–Trinajstić information content (AvgIpc) is 2.25. The second-order valence-electron chi connectivity index (χ2n) is 3.37. The minimum atomic E-state index is -0.135. The third kappa shape index (κ3) is 9.97. The summed E-state index contributed by atoms with van der Waals surface area (Å²) in [6.07, 6.45) is 2.87. The van der Waals surface area contributed by atoms with Gasteiger partial charge in [0.1, 0.15) is 0 Å². The zero-order valence-corrected chi connectivity index (χ0v) is 9.85. The lowest BCUT2D eigenvalue weighted by Crippen LogP contribution is -2.25. The first kappa shape index (κ1) is 13.9. The Balaban J connectivity index is 3.96. The van der Waals surface area contributed by atoms with Gasteiger partial charge in [-0.05, 0) is 42.6 Å². The van der Waals surface area contributed by atoms with Crippen molar-refractivity contribution in [3.63, 3.8) is 0 Å². The molecule has 1 N–H and O–H groups in total. The van der Waals surface area contributed by atoms with Gasteiger partial charge in [0.05, 0.1) is 0 Å². The quantitative estimate of drug-likeness (QED) is 0.556. The SMILES string of the molecule is CC#CC#CC#C/C=C/C(=O)NCC(C)C. The van der Waals surface area contributed by atoms with E-state index in [1.807, 2.05) is 13.8 Å². The zero-order valence-electron chi connectivity index (χ0n) is 9.85. The smallest absolute Gasteiger partial charge is 0.244 e. The van der Waals surface area contributed by atoms with Crippen LogP contribution in [0.25, 0.3) is 0 Å². The van der Waals surface area contributed by atoms with Crippen molar-refractivity contribution in [3.05, 3.63) is 12.2 Å². The lowest BCUT2D eigenvalue weighted by atomic mass is 10.2. The van der Waals surface area contributed by atoms with Crippen LogP contribution in [-0.4, -0.2) is 12.5 Å². The third-order valence-electron chi connectivity index (χ3n) is 1.39. The van der Waals surface area contributed by atoms with Crippen LogP contribution in [0.4, 0.5) is 0 Å². The summed E-state index contributed by atoms with van der Waals surface area (Å²) in [5.74, 6) is 15.8. The summed E-state index contributed by atoms with van der Waals surface area (Å²) in [5, 5.41) is 2.74. The number of carbonyl (C=O) groups is 1. The Hall–Kier alpha value is -2.11. The molecule has 0 aliphatic heterocycles. The maximum atomic E-state index is 11.2. The molecule has 0 spiro atoms. The van der Waals surface area contributed by atoms with Crippen LogP contribution in [0.15, 0.2) is 12.2 Å². The van der Waals surface area contributed by atoms with Gasteiger partial charge in [-0.3, -0.25) is 4.79 Å². The maximum Gasteiger partial charge on any atom is 0.244 e. The predicted molar refractivity (Wildman–Crippen MR) is 66.0 cm³/mol. The van der Waals surface area contributed by atoms with E-state index in [1.54, 1.807) is 6.92 Å². The molecule has 0 bridgehead atoms. The predicted octanol–water partition coefficient (Wildman–Crippen LogP) is 1.34. The van der Waals surface area contributed by atoms with Gasteiger partial charge in [0, 0.05) is 12.6 Å². The fourth-order valence-corrected chi connectivity index (χ4v) is 0.684. The van der Waals surface area contributed by atoms with Crippen molar-refractivity contribution in [3.8, 4) is 35.5 Å². The number of hydrogen-bond acceptors (Lipinski definition) is 1. The Bertz CT molecular complexity index is 425. The van der Waals surface area contributed by atoms with Crippen molar-refractivity contribution in [1.29, 1.82) is 0 Å². The Morgan fingerprint density at radius 3 is 2.56 bits per heavy atom. The second kappa shape index (κ2) is 9.45. The molecule has 0 aliphatic rings. The van der Waals surface area contributed by atoms with Crippen LogP contribution in [0.5, 0.6) is 0 Å². The molecule has 0 saturated carbocycles. The van der Waals surface area contributed by atoms with Crippen LogP contribution in [-0.2, 0) is 4.79 Å². The number of amides is 1. The molecule has 0 unspecified atom stereocenters. The summed E-state index contributed by atoms with van der Waals surface area (Å²) >= 11 is 0. The molecule has 1 amide bonds. The fraction of sp³-hybridized carbons (Fsp3) is 0.357. The Morgan fingerprint density at radius 2 is 1.94 bits per heavy atom. The summed E-state index contributed by atoms with van der Waals surface area (Å²) in [5.41, 5.74) is 0. The number of hydrogen-bond donors (Lipinski definition) is 1. The summed E-state index contributed by atoms with van der Waals surface area (Å²) < 4.78 is 0. The molecule has 0 radical (unpaired) electrons. The van der Waals surface area contributed by atoms with E-state index in [1.165, 1.54) is 12.2 Å². The standard InChI is InChI=1S/C14H15NO/c1-4-5-6-7-8-9-10-11-14(16)15-12-13(2)3/h10-11,13H,12H2,1-3H3,(H,15,16)/b11-10+. The lowest BCUT2D eigenvalue weighted by molar-refractivity contribution is -0.116. The molecular weight excluding hydrogens is 198 g/mol. The van der Waals surface area contributed by atoms with Crippen LogP contribution in [0.1, 0.15) is 20.8 Å². The molecular formula is C14H15NO. The lowest BCUT2D eigenvalue weighted by Gasteiger charge is -2.03. The third-order valence-corrected chi connectivity index (χ3v) is 1.39. The van der Waals surface area contributed by atoms with E-state index in [0.29, 0.717) is 12.5 Å². The van der Waals surface area contributed by atoms with Gasteiger partial charge in [-0.2, -0.15) is 0 Å². The monoisotopic (exact) mass is 213 g/mol. The van der Waals surface area contributed by atoms with Crippen molar-refractivity contribution < 1.29 is 4.79 Å². The minimum Gasteiger partial charge on any atom is -0.352 e. The largest absolute Gasteiger partial charge is 0.352 e. The first-order valence-electron chi connectivity index (χ1n) is 5.03. The minimum absolute atomic E-state index is 0.135. The van der Waals surface area contributed by atoms with Crippen molar-refractivity contribution in [1.82, 2.24) is 5.32 Å². The summed E-state index contributed by atoms with van der Waals surface area (Å²) in [4.78, 5) is 11.2. The van der Waals surface area contributed by atoms with Crippen LogP contribution >= 0.6 is 0 Å². The molecule has 0 aromatic carbocycles. The van der Waals surface area contributed by atoms with Gasteiger partial charge < -0.3 is 5.32 Å². The zero-order chi connectivity index (χ0) is 12.2. The highest BCUT2D eigenvalue weighted by molar-refractivity contribution is 5.87. The molecule has 16 heavy (non-hydrogen) atoms. The van der Waals surface area contributed by atoms with E-state index in [4.69, 9.17) is 0 Å². The van der Waals surface area contributed by atoms with E-state index >= 15 is 0 Å². The number of allylic oxidation sites excluding steroid dienone is 1. The van der Waals surface area contributed by atoms with Crippen molar-refractivity contribution >= 4 is 5.91 Å². The van der Waals surface area contributed by atoms with E-state index in [9.17, 15) is 4.79 Å². The van der Waals surface area contributed by atoms with E-state index in [2.05, 4.69) is 40.8 Å². The number of nitrogens with one attached hydrogen (secondary N) is 1. The second-order valence-corrected chi connectivity index (χ2v) is 3.37. The highest BCUT2D eigenvalue weighted by Crippen LogP contribution is 1.86. The normalized spacial score (nSPS) is 8.25. The van der Waals surface area contributed by atoms with Crippen LogP contribution < -0.4 is 5.32 Å². The van der Waals surface area contributed by atoms with Crippen molar-refractivity contribution in [2.24, 2.45) is 5.92 Å². The molecule has 0 heterocycles. The van der Waals surface area contributed by atoms with Gasteiger partial charge in [-0.15, -0.1) is 0 Å². The molecule has 0 saturated heterocycles. The molecule has 2 heteroatoms. The van der Waals surface area contributed by atoms with Crippen LogP contribution in [0.2, 0.25) is 0 Å².